The van der Waals surface area contributed by atoms with Crippen LogP contribution in [0.25, 0.3) is 16.6 Å². The molecular formula is C23H23ClN4O3S. The summed E-state index contributed by atoms with van der Waals surface area (Å²) in [5.41, 5.74) is 0.871. The van der Waals surface area contributed by atoms with Crippen molar-refractivity contribution in [2.24, 2.45) is 0 Å². The summed E-state index contributed by atoms with van der Waals surface area (Å²) in [6.45, 7) is 0. The van der Waals surface area contributed by atoms with Gasteiger partial charge in [0.2, 0.25) is 5.91 Å². The molecule has 1 aliphatic carbocycles. The van der Waals surface area contributed by atoms with E-state index in [9.17, 15) is 14.4 Å². The van der Waals surface area contributed by atoms with Crippen molar-refractivity contribution in [3.05, 3.63) is 63.9 Å². The zero-order chi connectivity index (χ0) is 22.5. The van der Waals surface area contributed by atoms with Crippen molar-refractivity contribution in [1.82, 2.24) is 20.2 Å². The molecule has 0 bridgehead atoms. The quantitative estimate of drug-likeness (QED) is 0.414. The maximum Gasteiger partial charge on any atom is 0.321 e. The van der Waals surface area contributed by atoms with E-state index in [2.05, 4.69) is 15.6 Å². The molecule has 1 aromatic heterocycles. The van der Waals surface area contributed by atoms with Gasteiger partial charge in [-0.15, -0.1) is 0 Å². The molecule has 3 amide bonds. The number of urea groups is 1. The number of hydrogen-bond donors (Lipinski definition) is 2. The second kappa shape index (κ2) is 10.2. The van der Waals surface area contributed by atoms with Crippen LogP contribution in [0.2, 0.25) is 5.02 Å². The lowest BCUT2D eigenvalue weighted by molar-refractivity contribution is -0.119. The van der Waals surface area contributed by atoms with Crippen LogP contribution in [-0.4, -0.2) is 33.3 Å². The van der Waals surface area contributed by atoms with Gasteiger partial charge in [0.25, 0.3) is 5.56 Å². The number of imide groups is 1. The average molecular weight is 471 g/mol. The van der Waals surface area contributed by atoms with Gasteiger partial charge >= 0.3 is 6.03 Å². The summed E-state index contributed by atoms with van der Waals surface area (Å²) in [7, 11) is 0. The summed E-state index contributed by atoms with van der Waals surface area (Å²) in [5, 5.41) is 6.55. The first kappa shape index (κ1) is 22.4. The number of carbonyl (C=O) groups is 2. The number of rotatable bonds is 6. The monoisotopic (exact) mass is 470 g/mol. The largest absolute Gasteiger partial charge is 0.335 e. The second-order valence-corrected chi connectivity index (χ2v) is 9.07. The standard InChI is InChI=1S/C23H23ClN4O3S/c24-17-10-4-6-12-19(17)28-21(30)16-9-3-5-11-18(16)26-23(28)32-14-13-20(29)27-22(31)25-15-7-1-2-8-15/h3-6,9-12,15H,1-2,7-8,13-14H2,(H2,25,27,29,31). The van der Waals surface area contributed by atoms with Gasteiger partial charge < -0.3 is 5.32 Å². The second-order valence-electron chi connectivity index (χ2n) is 7.60. The Hall–Kier alpha value is -2.84. The van der Waals surface area contributed by atoms with Crippen LogP contribution < -0.4 is 16.2 Å². The van der Waals surface area contributed by atoms with Crippen molar-refractivity contribution in [1.29, 1.82) is 0 Å². The fourth-order valence-electron chi connectivity index (χ4n) is 3.77. The van der Waals surface area contributed by atoms with Crippen LogP contribution in [0, 0.1) is 0 Å². The van der Waals surface area contributed by atoms with Gasteiger partial charge in [0, 0.05) is 18.2 Å². The van der Waals surface area contributed by atoms with Crippen molar-refractivity contribution >= 4 is 46.2 Å². The fraction of sp³-hybridized carbons (Fsp3) is 0.304. The highest BCUT2D eigenvalue weighted by Gasteiger charge is 2.19. The summed E-state index contributed by atoms with van der Waals surface area (Å²) in [5.74, 6) is -0.0296. The Morgan fingerprint density at radius 2 is 1.81 bits per heavy atom. The highest BCUT2D eigenvalue weighted by molar-refractivity contribution is 7.99. The van der Waals surface area contributed by atoms with Crippen molar-refractivity contribution in [2.75, 3.05) is 5.75 Å². The molecule has 1 aliphatic rings. The summed E-state index contributed by atoms with van der Waals surface area (Å²) in [6.07, 6.45) is 4.20. The first-order valence-electron chi connectivity index (χ1n) is 10.5. The molecule has 0 radical (unpaired) electrons. The Labute approximate surface area is 194 Å². The smallest absolute Gasteiger partial charge is 0.321 e. The Morgan fingerprint density at radius 1 is 1.09 bits per heavy atom. The van der Waals surface area contributed by atoms with E-state index in [0.29, 0.717) is 32.5 Å². The SMILES string of the molecule is O=C(CCSc1nc2ccccc2c(=O)n1-c1ccccc1Cl)NC(=O)NC1CCCC1. The summed E-state index contributed by atoms with van der Waals surface area (Å²) >= 11 is 7.63. The highest BCUT2D eigenvalue weighted by Crippen LogP contribution is 2.26. The third-order valence-electron chi connectivity index (χ3n) is 5.34. The summed E-state index contributed by atoms with van der Waals surface area (Å²) < 4.78 is 1.47. The molecular weight excluding hydrogens is 448 g/mol. The van der Waals surface area contributed by atoms with Crippen LogP contribution in [0.15, 0.2) is 58.5 Å². The van der Waals surface area contributed by atoms with E-state index in [-0.39, 0.29) is 23.9 Å². The molecule has 3 aromatic rings. The van der Waals surface area contributed by atoms with Crippen LogP contribution in [0.5, 0.6) is 0 Å². The zero-order valence-corrected chi connectivity index (χ0v) is 18.9. The number of carbonyl (C=O) groups excluding carboxylic acids is 2. The van der Waals surface area contributed by atoms with Crippen LogP contribution in [0.3, 0.4) is 0 Å². The predicted molar refractivity (Wildman–Crippen MR) is 127 cm³/mol. The van der Waals surface area contributed by atoms with Gasteiger partial charge in [0.05, 0.1) is 21.6 Å². The molecule has 4 rings (SSSR count). The first-order valence-corrected chi connectivity index (χ1v) is 11.9. The number of halogens is 1. The van der Waals surface area contributed by atoms with Crippen LogP contribution in [-0.2, 0) is 4.79 Å². The van der Waals surface area contributed by atoms with Crippen molar-refractivity contribution in [2.45, 2.75) is 43.3 Å². The van der Waals surface area contributed by atoms with Gasteiger partial charge in [-0.1, -0.05) is 60.5 Å². The van der Waals surface area contributed by atoms with Gasteiger partial charge in [0.15, 0.2) is 5.16 Å². The number of benzene rings is 2. The number of nitrogens with one attached hydrogen (secondary N) is 2. The topological polar surface area (TPSA) is 93.1 Å². The predicted octanol–water partition coefficient (Wildman–Crippen LogP) is 4.29. The van der Waals surface area contributed by atoms with Crippen LogP contribution in [0.4, 0.5) is 4.79 Å². The third-order valence-corrected chi connectivity index (χ3v) is 6.60. The lowest BCUT2D eigenvalue weighted by Gasteiger charge is -2.14. The van der Waals surface area contributed by atoms with E-state index in [1.807, 2.05) is 6.07 Å². The Morgan fingerprint density at radius 3 is 2.59 bits per heavy atom. The number of thioether (sulfide) groups is 1. The molecule has 32 heavy (non-hydrogen) atoms. The maximum atomic E-state index is 13.2. The molecule has 2 aromatic carbocycles. The van der Waals surface area contributed by atoms with E-state index in [0.717, 1.165) is 25.7 Å². The molecule has 1 saturated carbocycles. The summed E-state index contributed by atoms with van der Waals surface area (Å²) in [6, 6.07) is 13.9. The number of hydrogen-bond acceptors (Lipinski definition) is 5. The van der Waals surface area contributed by atoms with Crippen LogP contribution >= 0.6 is 23.4 Å². The third kappa shape index (κ3) is 5.14. The number of fused-ring (bicyclic) bond motifs is 1. The van der Waals surface area contributed by atoms with Gasteiger partial charge in [-0.05, 0) is 37.1 Å². The van der Waals surface area contributed by atoms with Crippen LogP contribution in [0.1, 0.15) is 32.1 Å². The number of nitrogens with zero attached hydrogens (tertiary/aromatic N) is 2. The number of para-hydroxylation sites is 2. The molecule has 0 saturated heterocycles. The van der Waals surface area contributed by atoms with Gasteiger partial charge in [-0.25, -0.2) is 9.78 Å². The molecule has 7 nitrogen and oxygen atoms in total. The lowest BCUT2D eigenvalue weighted by atomic mass is 10.2. The minimum Gasteiger partial charge on any atom is -0.335 e. The Balaban J connectivity index is 1.49. The molecule has 0 spiro atoms. The molecule has 9 heteroatoms. The van der Waals surface area contributed by atoms with E-state index >= 15 is 0 Å². The minimum absolute atomic E-state index is 0.105. The van der Waals surface area contributed by atoms with E-state index in [4.69, 9.17) is 11.6 Å². The lowest BCUT2D eigenvalue weighted by Crippen LogP contribution is -2.43. The minimum atomic E-state index is -0.455. The zero-order valence-electron chi connectivity index (χ0n) is 17.3. The van der Waals surface area contributed by atoms with Gasteiger partial charge in [-0.3, -0.25) is 19.5 Å². The molecule has 1 heterocycles. The molecule has 166 valence electrons. The van der Waals surface area contributed by atoms with Gasteiger partial charge in [0.1, 0.15) is 0 Å². The number of amides is 3. The fourth-order valence-corrected chi connectivity index (χ4v) is 4.93. The van der Waals surface area contributed by atoms with Crippen molar-refractivity contribution < 1.29 is 9.59 Å². The molecule has 0 atom stereocenters. The number of aromatic nitrogens is 2. The molecule has 0 aliphatic heterocycles. The van der Waals surface area contributed by atoms with E-state index in [1.54, 1.807) is 42.5 Å². The van der Waals surface area contributed by atoms with Crippen molar-refractivity contribution in [3.8, 4) is 5.69 Å². The van der Waals surface area contributed by atoms with E-state index < -0.39 is 6.03 Å². The van der Waals surface area contributed by atoms with E-state index in [1.165, 1.54) is 16.3 Å². The normalized spacial score (nSPS) is 13.9. The molecule has 1 fully saturated rings. The maximum absolute atomic E-state index is 13.2. The highest BCUT2D eigenvalue weighted by atomic mass is 35.5. The Kier molecular flexibility index (Phi) is 7.12. The molecule has 2 N–H and O–H groups in total. The average Bonchev–Trinajstić information content (AvgIpc) is 3.28. The molecule has 0 unspecified atom stereocenters. The Bertz CT molecular complexity index is 1210. The first-order chi connectivity index (χ1) is 15.5. The van der Waals surface area contributed by atoms with Crippen molar-refractivity contribution in [3.63, 3.8) is 0 Å². The summed E-state index contributed by atoms with van der Waals surface area (Å²) in [4.78, 5) is 42.1. The van der Waals surface area contributed by atoms with Gasteiger partial charge in [-0.2, -0.15) is 0 Å².